The Morgan fingerprint density at radius 2 is 1.47 bits per heavy atom. The van der Waals surface area contributed by atoms with Crippen molar-refractivity contribution in [3.63, 3.8) is 0 Å². The Hall–Kier alpha value is -2.51. The number of nitrogens with one attached hydrogen (secondary N) is 2. The second-order valence-corrected chi connectivity index (χ2v) is 12.5. The fourth-order valence-electron chi connectivity index (χ4n) is 3.99. The molecule has 0 unspecified atom stereocenters. The number of carbonyl (C=O) groups excluding carboxylic acids is 1. The predicted octanol–water partition coefficient (Wildman–Crippen LogP) is 3.28. The molecule has 0 spiro atoms. The maximum Gasteiger partial charge on any atom is 0.261 e. The van der Waals surface area contributed by atoms with E-state index in [2.05, 4.69) is 4.72 Å². The first-order valence-corrected chi connectivity index (χ1v) is 14.3. The molecule has 1 heterocycles. The molecule has 3 N–H and O–H groups in total. The number of halogens is 2. The zero-order valence-corrected chi connectivity index (χ0v) is 21.7. The highest BCUT2D eigenvalue weighted by molar-refractivity contribution is 7.89. The van der Waals surface area contributed by atoms with E-state index in [0.29, 0.717) is 0 Å². The lowest BCUT2D eigenvalue weighted by atomic mass is 10.1. The smallest absolute Gasteiger partial charge is 0.261 e. The van der Waals surface area contributed by atoms with E-state index in [1.807, 2.05) is 30.3 Å². The van der Waals surface area contributed by atoms with Gasteiger partial charge in [-0.05, 0) is 47.9 Å². The summed E-state index contributed by atoms with van der Waals surface area (Å²) in [4.78, 5) is 12.0. The second kappa shape index (κ2) is 10.5. The van der Waals surface area contributed by atoms with Gasteiger partial charge in [-0.3, -0.25) is 10.0 Å². The van der Waals surface area contributed by atoms with Crippen LogP contribution in [0.3, 0.4) is 0 Å². The Morgan fingerprint density at radius 3 is 2.08 bits per heavy atom. The number of hydrogen-bond acceptors (Lipinski definition) is 6. The number of hydroxylamine groups is 1. The molecule has 9 nitrogen and oxygen atoms in total. The molecule has 0 aliphatic carbocycles. The third-order valence-corrected chi connectivity index (χ3v) is 9.91. The van der Waals surface area contributed by atoms with Crippen molar-refractivity contribution < 1.29 is 26.8 Å². The average Bonchev–Trinajstić information content (AvgIpc) is 3.29. The largest absolute Gasteiger partial charge is 0.289 e. The van der Waals surface area contributed by atoms with E-state index >= 15 is 0 Å². The molecule has 13 heteroatoms. The third-order valence-electron chi connectivity index (χ3n) is 5.76. The lowest BCUT2D eigenvalue weighted by Crippen LogP contribution is -2.45. The van der Waals surface area contributed by atoms with Crippen LogP contribution in [0.2, 0.25) is 10.0 Å². The minimum atomic E-state index is -4.29. The van der Waals surface area contributed by atoms with Crippen molar-refractivity contribution in [3.8, 4) is 11.1 Å². The Bertz CT molecular complexity index is 1480. The molecular formula is C23H21Cl2N3O6S2. The Morgan fingerprint density at radius 1 is 0.861 bits per heavy atom. The van der Waals surface area contributed by atoms with Gasteiger partial charge in [-0.1, -0.05) is 65.7 Å². The number of carbonyl (C=O) groups is 1. The molecule has 1 amide bonds. The van der Waals surface area contributed by atoms with Crippen LogP contribution in [-0.2, 0) is 24.8 Å². The molecule has 36 heavy (non-hydrogen) atoms. The molecule has 1 fully saturated rings. The molecule has 1 aliphatic rings. The zero-order chi connectivity index (χ0) is 26.1. The molecule has 0 aromatic heterocycles. The van der Waals surface area contributed by atoms with Crippen LogP contribution in [0, 0.1) is 0 Å². The van der Waals surface area contributed by atoms with E-state index in [9.17, 15) is 21.6 Å². The molecular weight excluding hydrogens is 549 g/mol. The van der Waals surface area contributed by atoms with Crippen molar-refractivity contribution in [2.24, 2.45) is 0 Å². The highest BCUT2D eigenvalue weighted by Gasteiger charge is 2.45. The lowest BCUT2D eigenvalue weighted by molar-refractivity contribution is -0.132. The van der Waals surface area contributed by atoms with Gasteiger partial charge >= 0.3 is 0 Å². The molecule has 3 aromatic carbocycles. The maximum atomic E-state index is 13.3. The second-order valence-electron chi connectivity index (χ2n) is 8.09. The van der Waals surface area contributed by atoms with E-state index in [1.165, 1.54) is 29.7 Å². The number of hydrogen-bond donors (Lipinski definition) is 3. The van der Waals surface area contributed by atoms with Crippen LogP contribution in [0.4, 0.5) is 0 Å². The van der Waals surface area contributed by atoms with Gasteiger partial charge in [0.25, 0.3) is 5.91 Å². The molecule has 1 saturated heterocycles. The summed E-state index contributed by atoms with van der Waals surface area (Å²) < 4.78 is 55.9. The van der Waals surface area contributed by atoms with Crippen LogP contribution in [0.15, 0.2) is 82.6 Å². The molecule has 1 aliphatic heterocycles. The first kappa shape index (κ1) is 26.6. The quantitative estimate of drug-likeness (QED) is 0.295. The van der Waals surface area contributed by atoms with Crippen molar-refractivity contribution in [3.05, 3.63) is 82.8 Å². The molecule has 0 bridgehead atoms. The van der Waals surface area contributed by atoms with Gasteiger partial charge in [0.15, 0.2) is 0 Å². The van der Waals surface area contributed by atoms with Crippen molar-refractivity contribution in [2.45, 2.75) is 28.3 Å². The van der Waals surface area contributed by atoms with E-state index in [4.69, 9.17) is 28.4 Å². The fourth-order valence-corrected chi connectivity index (χ4v) is 7.26. The summed E-state index contributed by atoms with van der Waals surface area (Å²) in [6, 6.07) is 17.0. The van der Waals surface area contributed by atoms with E-state index in [-0.39, 0.29) is 32.8 Å². The van der Waals surface area contributed by atoms with Crippen molar-refractivity contribution in [2.75, 3.05) is 6.54 Å². The van der Waals surface area contributed by atoms with Crippen molar-refractivity contribution in [1.82, 2.24) is 14.5 Å². The summed E-state index contributed by atoms with van der Waals surface area (Å²) in [7, 11) is -8.34. The Kier molecular flexibility index (Phi) is 7.72. The summed E-state index contributed by atoms with van der Waals surface area (Å²) in [5.74, 6) is -0.993. The minimum absolute atomic E-state index is 0.00343. The van der Waals surface area contributed by atoms with Gasteiger partial charge in [-0.25, -0.2) is 27.0 Å². The number of nitrogens with zero attached hydrogens (tertiary/aromatic N) is 1. The lowest BCUT2D eigenvalue weighted by Gasteiger charge is -2.22. The Balaban J connectivity index is 1.57. The average molecular weight is 570 g/mol. The first-order chi connectivity index (χ1) is 17.0. The Labute approximate surface area is 218 Å². The molecule has 0 saturated carbocycles. The van der Waals surface area contributed by atoms with Gasteiger partial charge < -0.3 is 0 Å². The monoisotopic (exact) mass is 569 g/mol. The summed E-state index contributed by atoms with van der Waals surface area (Å²) in [5, 5.41) is 9.29. The van der Waals surface area contributed by atoms with E-state index < -0.39 is 38.0 Å². The van der Waals surface area contributed by atoms with Crippen LogP contribution in [0.5, 0.6) is 0 Å². The van der Waals surface area contributed by atoms with Gasteiger partial charge in [0.1, 0.15) is 6.04 Å². The minimum Gasteiger partial charge on any atom is -0.289 e. The molecule has 2 atom stereocenters. The summed E-state index contributed by atoms with van der Waals surface area (Å²) in [6.45, 7) is -0.345. The maximum absolute atomic E-state index is 13.3. The van der Waals surface area contributed by atoms with Crippen LogP contribution in [0.25, 0.3) is 11.1 Å². The summed E-state index contributed by atoms with van der Waals surface area (Å²) in [6.07, 6.45) is -0.200. The zero-order valence-electron chi connectivity index (χ0n) is 18.5. The van der Waals surface area contributed by atoms with Crippen LogP contribution < -0.4 is 10.2 Å². The normalized spacial score (nSPS) is 18.8. The van der Waals surface area contributed by atoms with E-state index in [1.54, 1.807) is 12.1 Å². The van der Waals surface area contributed by atoms with Crippen LogP contribution in [0.1, 0.15) is 6.42 Å². The molecule has 190 valence electrons. The third kappa shape index (κ3) is 5.42. The fraction of sp³-hybridized carbons (Fsp3) is 0.174. The number of sulfonamides is 2. The van der Waals surface area contributed by atoms with Crippen molar-refractivity contribution in [1.29, 1.82) is 0 Å². The summed E-state index contributed by atoms with van der Waals surface area (Å²) in [5.41, 5.74) is 3.20. The summed E-state index contributed by atoms with van der Waals surface area (Å²) >= 11 is 11.8. The van der Waals surface area contributed by atoms with Crippen LogP contribution in [-0.4, -0.2) is 50.9 Å². The van der Waals surface area contributed by atoms with Crippen LogP contribution >= 0.6 is 23.2 Å². The number of rotatable bonds is 7. The SMILES string of the molecule is O=C(NO)[C@H]1C[C@H](NS(=O)(=O)c2ccc(-c3ccccc3)cc2)CN1S(=O)(=O)c1ccc(Cl)c(Cl)c1. The topological polar surface area (TPSA) is 133 Å². The van der Waals surface area contributed by atoms with E-state index in [0.717, 1.165) is 21.5 Å². The molecule has 4 rings (SSSR count). The van der Waals surface area contributed by atoms with Gasteiger partial charge in [0.05, 0.1) is 19.8 Å². The van der Waals surface area contributed by atoms with Gasteiger partial charge in [-0.2, -0.15) is 4.31 Å². The number of benzene rings is 3. The van der Waals surface area contributed by atoms with Gasteiger partial charge in [-0.15, -0.1) is 0 Å². The highest BCUT2D eigenvalue weighted by Crippen LogP contribution is 2.31. The molecule has 3 aromatic rings. The standard InChI is InChI=1S/C23H21Cl2N3O6S2/c24-20-11-10-19(13-21(20)25)36(33,34)28-14-17(12-22(28)23(29)26-30)27-35(31,32)18-8-6-16(7-9-18)15-4-2-1-3-5-15/h1-11,13,17,22,27,30H,12,14H2,(H,26,29)/t17-,22+/m0/s1. The highest BCUT2D eigenvalue weighted by atomic mass is 35.5. The van der Waals surface area contributed by atoms with Gasteiger partial charge in [0.2, 0.25) is 20.0 Å². The molecule has 0 radical (unpaired) electrons. The van der Waals surface area contributed by atoms with Crippen molar-refractivity contribution >= 4 is 49.2 Å². The predicted molar refractivity (Wildman–Crippen MR) is 135 cm³/mol. The first-order valence-electron chi connectivity index (χ1n) is 10.6. The number of amides is 1. The van der Waals surface area contributed by atoms with Gasteiger partial charge in [0, 0.05) is 12.6 Å².